The van der Waals surface area contributed by atoms with Gasteiger partial charge in [-0.2, -0.15) is 4.98 Å². The molecule has 2 rings (SSSR count). The van der Waals surface area contributed by atoms with Gasteiger partial charge in [0, 0.05) is 19.0 Å². The summed E-state index contributed by atoms with van der Waals surface area (Å²) in [5.74, 6) is 1.02. The smallest absolute Gasteiger partial charge is 0.410 e. The number of piperidine rings is 1. The standard InChI is InChI=1S/C12H19N3O4/c1-8(2)18-12(17)15-5-3-9(4-6-15)11-13-10(7-16)19-14-11/h8-9,16H,3-7H2,1-2H3. The Hall–Kier alpha value is -1.63. The molecule has 106 valence electrons. The summed E-state index contributed by atoms with van der Waals surface area (Å²) in [7, 11) is 0. The van der Waals surface area contributed by atoms with E-state index in [4.69, 9.17) is 14.4 Å². The highest BCUT2D eigenvalue weighted by Gasteiger charge is 2.27. The number of hydrogen-bond acceptors (Lipinski definition) is 6. The van der Waals surface area contributed by atoms with Crippen LogP contribution in [-0.4, -0.2) is 45.4 Å². The molecule has 0 spiro atoms. The van der Waals surface area contributed by atoms with Crippen molar-refractivity contribution in [3.63, 3.8) is 0 Å². The summed E-state index contributed by atoms with van der Waals surface area (Å²) < 4.78 is 10.0. The van der Waals surface area contributed by atoms with Crippen LogP contribution in [0.3, 0.4) is 0 Å². The third-order valence-corrected chi connectivity index (χ3v) is 3.07. The maximum atomic E-state index is 11.7. The molecule has 1 aromatic heterocycles. The van der Waals surface area contributed by atoms with Crippen LogP contribution >= 0.6 is 0 Å². The second-order valence-electron chi connectivity index (χ2n) is 4.90. The Labute approximate surface area is 111 Å². The molecule has 1 aliphatic heterocycles. The van der Waals surface area contributed by atoms with Crippen molar-refractivity contribution in [1.82, 2.24) is 15.0 Å². The Bertz CT molecular complexity index is 424. The summed E-state index contributed by atoms with van der Waals surface area (Å²) in [5.41, 5.74) is 0. The van der Waals surface area contributed by atoms with E-state index in [1.54, 1.807) is 4.90 Å². The van der Waals surface area contributed by atoms with Gasteiger partial charge in [0.2, 0.25) is 0 Å². The van der Waals surface area contributed by atoms with Crippen LogP contribution in [0, 0.1) is 0 Å². The quantitative estimate of drug-likeness (QED) is 0.889. The second-order valence-corrected chi connectivity index (χ2v) is 4.90. The van der Waals surface area contributed by atoms with E-state index in [1.165, 1.54) is 0 Å². The van der Waals surface area contributed by atoms with Gasteiger partial charge in [-0.3, -0.25) is 0 Å². The Kier molecular flexibility index (Phi) is 4.36. The van der Waals surface area contributed by atoms with Gasteiger partial charge in [-0.15, -0.1) is 0 Å². The van der Waals surface area contributed by atoms with Gasteiger partial charge < -0.3 is 19.3 Å². The number of nitrogens with zero attached hydrogens (tertiary/aromatic N) is 3. The molecular formula is C12H19N3O4. The van der Waals surface area contributed by atoms with E-state index < -0.39 is 0 Å². The van der Waals surface area contributed by atoms with Crippen molar-refractivity contribution in [2.75, 3.05) is 13.1 Å². The Morgan fingerprint density at radius 3 is 2.74 bits per heavy atom. The average molecular weight is 269 g/mol. The summed E-state index contributed by atoms with van der Waals surface area (Å²) >= 11 is 0. The van der Waals surface area contributed by atoms with E-state index in [0.717, 1.165) is 12.8 Å². The summed E-state index contributed by atoms with van der Waals surface area (Å²) in [5, 5.41) is 12.7. The van der Waals surface area contributed by atoms with Gasteiger partial charge in [-0.1, -0.05) is 5.16 Å². The molecule has 0 aromatic carbocycles. The maximum Gasteiger partial charge on any atom is 0.410 e. The molecule has 7 heteroatoms. The van der Waals surface area contributed by atoms with E-state index in [-0.39, 0.29) is 30.6 Å². The van der Waals surface area contributed by atoms with Crippen molar-refractivity contribution >= 4 is 6.09 Å². The summed E-state index contributed by atoms with van der Waals surface area (Å²) in [6, 6.07) is 0. The molecule has 0 unspecified atom stereocenters. The van der Waals surface area contributed by atoms with Crippen molar-refractivity contribution in [1.29, 1.82) is 0 Å². The number of likely N-dealkylation sites (tertiary alicyclic amines) is 1. The van der Waals surface area contributed by atoms with Gasteiger partial charge in [-0.25, -0.2) is 4.79 Å². The SMILES string of the molecule is CC(C)OC(=O)N1CCC(c2noc(CO)n2)CC1. The van der Waals surface area contributed by atoms with Crippen molar-refractivity contribution in [2.24, 2.45) is 0 Å². The third-order valence-electron chi connectivity index (χ3n) is 3.07. The van der Waals surface area contributed by atoms with E-state index >= 15 is 0 Å². The molecule has 2 heterocycles. The molecule has 0 atom stereocenters. The molecule has 1 aromatic rings. The Balaban J connectivity index is 1.86. The zero-order valence-electron chi connectivity index (χ0n) is 11.2. The average Bonchev–Trinajstić information content (AvgIpc) is 2.87. The Morgan fingerprint density at radius 2 is 2.21 bits per heavy atom. The summed E-state index contributed by atoms with van der Waals surface area (Å²) in [6.45, 7) is 4.67. The number of carbonyl (C=O) groups is 1. The number of carbonyl (C=O) groups excluding carboxylic acids is 1. The zero-order valence-corrected chi connectivity index (χ0v) is 11.2. The predicted molar refractivity (Wildman–Crippen MR) is 65.4 cm³/mol. The molecule has 1 fully saturated rings. The lowest BCUT2D eigenvalue weighted by molar-refractivity contribution is 0.0688. The summed E-state index contributed by atoms with van der Waals surface area (Å²) in [4.78, 5) is 17.5. The van der Waals surface area contributed by atoms with Crippen molar-refractivity contribution in [2.45, 2.75) is 45.3 Å². The van der Waals surface area contributed by atoms with Crippen LogP contribution in [0.5, 0.6) is 0 Å². The molecule has 0 aliphatic carbocycles. The highest BCUT2D eigenvalue weighted by Crippen LogP contribution is 2.26. The lowest BCUT2D eigenvalue weighted by Crippen LogP contribution is -2.39. The minimum atomic E-state index is -0.266. The molecule has 1 aliphatic rings. The van der Waals surface area contributed by atoms with Crippen molar-refractivity contribution < 1.29 is 19.2 Å². The number of rotatable bonds is 3. The molecule has 1 amide bonds. The highest BCUT2D eigenvalue weighted by molar-refractivity contribution is 5.67. The minimum Gasteiger partial charge on any atom is -0.447 e. The van der Waals surface area contributed by atoms with E-state index in [9.17, 15) is 4.79 Å². The van der Waals surface area contributed by atoms with Crippen molar-refractivity contribution in [3.8, 4) is 0 Å². The molecule has 0 radical (unpaired) electrons. The molecular weight excluding hydrogens is 250 g/mol. The van der Waals surface area contributed by atoms with Gasteiger partial charge in [-0.05, 0) is 26.7 Å². The largest absolute Gasteiger partial charge is 0.447 e. The fraction of sp³-hybridized carbons (Fsp3) is 0.750. The minimum absolute atomic E-state index is 0.102. The molecule has 0 saturated carbocycles. The molecule has 1 N–H and O–H groups in total. The molecule has 19 heavy (non-hydrogen) atoms. The van der Waals surface area contributed by atoms with Crippen LogP contribution in [0.4, 0.5) is 4.79 Å². The lowest BCUT2D eigenvalue weighted by Gasteiger charge is -2.30. The van der Waals surface area contributed by atoms with Gasteiger partial charge in [0.1, 0.15) is 6.61 Å². The third kappa shape index (κ3) is 3.44. The van der Waals surface area contributed by atoms with Crippen LogP contribution in [-0.2, 0) is 11.3 Å². The summed E-state index contributed by atoms with van der Waals surface area (Å²) in [6.07, 6.45) is 1.18. The van der Waals surface area contributed by atoms with Gasteiger partial charge >= 0.3 is 6.09 Å². The van der Waals surface area contributed by atoms with E-state index in [1.807, 2.05) is 13.8 Å². The number of ether oxygens (including phenoxy) is 1. The van der Waals surface area contributed by atoms with Crippen LogP contribution in [0.1, 0.15) is 44.3 Å². The molecule has 1 saturated heterocycles. The number of aromatic nitrogens is 2. The van der Waals surface area contributed by atoms with Gasteiger partial charge in [0.15, 0.2) is 5.82 Å². The second kappa shape index (κ2) is 6.01. The van der Waals surface area contributed by atoms with Gasteiger partial charge in [0.05, 0.1) is 6.10 Å². The zero-order chi connectivity index (χ0) is 13.8. The normalized spacial score (nSPS) is 16.9. The fourth-order valence-corrected chi connectivity index (χ4v) is 2.09. The van der Waals surface area contributed by atoms with Gasteiger partial charge in [0.25, 0.3) is 5.89 Å². The Morgan fingerprint density at radius 1 is 1.53 bits per heavy atom. The van der Waals surface area contributed by atoms with Crippen LogP contribution in [0.15, 0.2) is 4.52 Å². The number of aliphatic hydroxyl groups is 1. The molecule has 0 bridgehead atoms. The van der Waals surface area contributed by atoms with E-state index in [0.29, 0.717) is 18.9 Å². The van der Waals surface area contributed by atoms with Crippen LogP contribution in [0.2, 0.25) is 0 Å². The van der Waals surface area contributed by atoms with E-state index in [2.05, 4.69) is 10.1 Å². The first kappa shape index (κ1) is 13.8. The maximum absolute atomic E-state index is 11.7. The van der Waals surface area contributed by atoms with Crippen molar-refractivity contribution in [3.05, 3.63) is 11.7 Å². The first-order valence-corrected chi connectivity index (χ1v) is 6.49. The topological polar surface area (TPSA) is 88.7 Å². The predicted octanol–water partition coefficient (Wildman–Crippen LogP) is 1.29. The lowest BCUT2D eigenvalue weighted by atomic mass is 9.96. The number of aliphatic hydroxyl groups excluding tert-OH is 1. The fourth-order valence-electron chi connectivity index (χ4n) is 2.09. The first-order chi connectivity index (χ1) is 9.10. The first-order valence-electron chi connectivity index (χ1n) is 6.49. The highest BCUT2D eigenvalue weighted by atomic mass is 16.6. The number of amides is 1. The molecule has 7 nitrogen and oxygen atoms in total. The number of hydrogen-bond donors (Lipinski definition) is 1. The monoisotopic (exact) mass is 269 g/mol. The van der Waals surface area contributed by atoms with Crippen LogP contribution < -0.4 is 0 Å². The van der Waals surface area contributed by atoms with Crippen LogP contribution in [0.25, 0.3) is 0 Å².